The summed E-state index contributed by atoms with van der Waals surface area (Å²) < 4.78 is 8.58. The molecular weight excluding hydrogens is 204 g/mol. The number of rotatable bonds is 2. The van der Waals surface area contributed by atoms with Crippen LogP contribution in [0, 0.1) is 5.41 Å². The standard InChI is InChI=1S/C10H12.C3H4O3/c1-3-10(4-2)8-6-5-7-9-10;4-3-5-1-2-6-3/h3-8H,1-2,9H2;1-2H2. The van der Waals surface area contributed by atoms with Crippen LogP contribution in [0.5, 0.6) is 0 Å². The van der Waals surface area contributed by atoms with E-state index >= 15 is 0 Å². The van der Waals surface area contributed by atoms with E-state index in [-0.39, 0.29) is 5.41 Å². The molecule has 0 atom stereocenters. The van der Waals surface area contributed by atoms with Gasteiger partial charge in [0, 0.05) is 5.41 Å². The van der Waals surface area contributed by atoms with Gasteiger partial charge in [0.05, 0.1) is 0 Å². The summed E-state index contributed by atoms with van der Waals surface area (Å²) >= 11 is 0. The van der Waals surface area contributed by atoms with Gasteiger partial charge in [-0.15, -0.1) is 13.2 Å². The highest BCUT2D eigenvalue weighted by Gasteiger charge is 2.17. The zero-order chi connectivity index (χ0) is 11.9. The Morgan fingerprint density at radius 1 is 1.19 bits per heavy atom. The molecule has 0 N–H and O–H groups in total. The van der Waals surface area contributed by atoms with E-state index in [1.807, 2.05) is 24.3 Å². The van der Waals surface area contributed by atoms with Crippen LogP contribution in [0.25, 0.3) is 0 Å². The van der Waals surface area contributed by atoms with Crippen molar-refractivity contribution in [3.63, 3.8) is 0 Å². The lowest BCUT2D eigenvalue weighted by Crippen LogP contribution is -2.10. The van der Waals surface area contributed by atoms with E-state index in [4.69, 9.17) is 0 Å². The van der Waals surface area contributed by atoms with Crippen molar-refractivity contribution in [3.8, 4) is 0 Å². The molecule has 1 saturated heterocycles. The second kappa shape index (κ2) is 5.95. The third kappa shape index (κ3) is 3.42. The van der Waals surface area contributed by atoms with Gasteiger partial charge in [0.1, 0.15) is 13.2 Å². The van der Waals surface area contributed by atoms with Crippen molar-refractivity contribution in [3.05, 3.63) is 49.6 Å². The fourth-order valence-electron chi connectivity index (χ4n) is 1.33. The SMILES string of the molecule is C=CC1(C=C)C=CC=CC1.O=C1OCCO1. The first kappa shape index (κ1) is 12.3. The molecule has 16 heavy (non-hydrogen) atoms. The quantitative estimate of drug-likeness (QED) is 0.530. The van der Waals surface area contributed by atoms with Crippen LogP contribution in [-0.2, 0) is 9.47 Å². The Labute approximate surface area is 95.7 Å². The van der Waals surface area contributed by atoms with Crippen LogP contribution in [0.3, 0.4) is 0 Å². The van der Waals surface area contributed by atoms with E-state index in [9.17, 15) is 4.79 Å². The molecule has 2 aliphatic rings. The van der Waals surface area contributed by atoms with Gasteiger partial charge in [-0.25, -0.2) is 4.79 Å². The smallest absolute Gasteiger partial charge is 0.431 e. The molecule has 1 heterocycles. The Kier molecular flexibility index (Phi) is 4.58. The summed E-state index contributed by atoms with van der Waals surface area (Å²) in [7, 11) is 0. The highest BCUT2D eigenvalue weighted by molar-refractivity contribution is 5.61. The number of cyclic esters (lactones) is 2. The van der Waals surface area contributed by atoms with Gasteiger partial charge in [0.25, 0.3) is 0 Å². The molecule has 0 aromatic carbocycles. The summed E-state index contributed by atoms with van der Waals surface area (Å²) in [6, 6.07) is 0. The van der Waals surface area contributed by atoms with E-state index in [2.05, 4.69) is 34.8 Å². The van der Waals surface area contributed by atoms with Crippen LogP contribution in [0.2, 0.25) is 0 Å². The molecule has 0 amide bonds. The average Bonchev–Trinajstić information content (AvgIpc) is 2.82. The van der Waals surface area contributed by atoms with Gasteiger partial charge in [-0.05, 0) is 6.42 Å². The van der Waals surface area contributed by atoms with Crippen LogP contribution >= 0.6 is 0 Å². The number of allylic oxidation sites excluding steroid dienone is 6. The van der Waals surface area contributed by atoms with Crippen molar-refractivity contribution >= 4 is 6.16 Å². The molecule has 3 nitrogen and oxygen atoms in total. The second-order valence-corrected chi connectivity index (χ2v) is 3.46. The third-order valence-electron chi connectivity index (χ3n) is 2.41. The van der Waals surface area contributed by atoms with Crippen molar-refractivity contribution in [2.75, 3.05) is 13.2 Å². The maximum Gasteiger partial charge on any atom is 0.508 e. The zero-order valence-electron chi connectivity index (χ0n) is 9.22. The van der Waals surface area contributed by atoms with Gasteiger partial charge in [-0.1, -0.05) is 36.5 Å². The van der Waals surface area contributed by atoms with Crippen LogP contribution < -0.4 is 0 Å². The molecule has 0 radical (unpaired) electrons. The Morgan fingerprint density at radius 3 is 2.06 bits per heavy atom. The maximum atomic E-state index is 9.80. The van der Waals surface area contributed by atoms with Gasteiger partial charge in [0.15, 0.2) is 0 Å². The van der Waals surface area contributed by atoms with E-state index in [1.165, 1.54) is 0 Å². The van der Waals surface area contributed by atoms with Crippen molar-refractivity contribution < 1.29 is 14.3 Å². The molecule has 1 aliphatic carbocycles. The van der Waals surface area contributed by atoms with Crippen molar-refractivity contribution in [2.24, 2.45) is 5.41 Å². The molecular formula is C13H16O3. The van der Waals surface area contributed by atoms with Crippen LogP contribution in [-0.4, -0.2) is 19.4 Å². The topological polar surface area (TPSA) is 35.5 Å². The van der Waals surface area contributed by atoms with E-state index in [1.54, 1.807) is 0 Å². The van der Waals surface area contributed by atoms with Crippen LogP contribution in [0.1, 0.15) is 6.42 Å². The molecule has 3 heteroatoms. The number of carbonyl (C=O) groups is 1. The lowest BCUT2D eigenvalue weighted by molar-refractivity contribution is 0.131. The minimum absolute atomic E-state index is 0.0226. The first-order chi connectivity index (χ1) is 7.72. The summed E-state index contributed by atoms with van der Waals surface area (Å²) in [6.45, 7) is 8.37. The summed E-state index contributed by atoms with van der Waals surface area (Å²) in [6.07, 6.45) is 12.6. The minimum atomic E-state index is -0.546. The fourth-order valence-corrected chi connectivity index (χ4v) is 1.33. The molecule has 0 saturated carbocycles. The van der Waals surface area contributed by atoms with E-state index in [0.29, 0.717) is 13.2 Å². The predicted molar refractivity (Wildman–Crippen MR) is 63.0 cm³/mol. The van der Waals surface area contributed by atoms with E-state index < -0.39 is 6.16 Å². The number of ether oxygens (including phenoxy) is 2. The molecule has 0 bridgehead atoms. The molecule has 0 spiro atoms. The Morgan fingerprint density at radius 2 is 1.81 bits per heavy atom. The first-order valence-electron chi connectivity index (χ1n) is 5.13. The largest absolute Gasteiger partial charge is 0.508 e. The van der Waals surface area contributed by atoms with Gasteiger partial charge in [0.2, 0.25) is 0 Å². The maximum absolute atomic E-state index is 9.80. The average molecular weight is 220 g/mol. The molecule has 86 valence electrons. The summed E-state index contributed by atoms with van der Waals surface area (Å²) in [5, 5.41) is 0. The zero-order valence-corrected chi connectivity index (χ0v) is 9.22. The second-order valence-electron chi connectivity index (χ2n) is 3.46. The highest BCUT2D eigenvalue weighted by atomic mass is 16.8. The Balaban J connectivity index is 0.000000181. The molecule has 0 aromatic heterocycles. The summed E-state index contributed by atoms with van der Waals surface area (Å²) in [5.41, 5.74) is 0.0226. The van der Waals surface area contributed by atoms with Crippen molar-refractivity contribution in [1.29, 1.82) is 0 Å². The molecule has 1 fully saturated rings. The van der Waals surface area contributed by atoms with Crippen LogP contribution in [0.4, 0.5) is 4.79 Å². The van der Waals surface area contributed by atoms with Crippen molar-refractivity contribution in [2.45, 2.75) is 6.42 Å². The number of hydrogen-bond acceptors (Lipinski definition) is 3. The fraction of sp³-hybridized carbons (Fsp3) is 0.308. The predicted octanol–water partition coefficient (Wildman–Crippen LogP) is 3.01. The third-order valence-corrected chi connectivity index (χ3v) is 2.41. The number of hydrogen-bond donors (Lipinski definition) is 0. The lowest BCUT2D eigenvalue weighted by atomic mass is 9.82. The molecule has 2 rings (SSSR count). The normalized spacial score (nSPS) is 20.1. The Hall–Kier alpha value is -1.77. The highest BCUT2D eigenvalue weighted by Crippen LogP contribution is 2.29. The van der Waals surface area contributed by atoms with Gasteiger partial charge < -0.3 is 9.47 Å². The molecule has 0 aromatic rings. The van der Waals surface area contributed by atoms with Gasteiger partial charge in [-0.2, -0.15) is 0 Å². The van der Waals surface area contributed by atoms with Crippen LogP contribution in [0.15, 0.2) is 49.6 Å². The first-order valence-corrected chi connectivity index (χ1v) is 5.13. The monoisotopic (exact) mass is 220 g/mol. The van der Waals surface area contributed by atoms with Gasteiger partial charge >= 0.3 is 6.16 Å². The van der Waals surface area contributed by atoms with Gasteiger partial charge in [-0.3, -0.25) is 0 Å². The number of carbonyl (C=O) groups excluding carboxylic acids is 1. The summed E-state index contributed by atoms with van der Waals surface area (Å²) in [4.78, 5) is 9.80. The molecule has 1 aliphatic heterocycles. The van der Waals surface area contributed by atoms with E-state index in [0.717, 1.165) is 6.42 Å². The van der Waals surface area contributed by atoms with Crippen molar-refractivity contribution in [1.82, 2.24) is 0 Å². The lowest BCUT2D eigenvalue weighted by Gasteiger charge is -2.22. The minimum Gasteiger partial charge on any atom is -0.431 e. The molecule has 0 unspecified atom stereocenters. The Bertz CT molecular complexity index is 310. The summed E-state index contributed by atoms with van der Waals surface area (Å²) in [5.74, 6) is 0.